The maximum atomic E-state index is 13.1. The first-order valence-electron chi connectivity index (χ1n) is 6.23. The summed E-state index contributed by atoms with van der Waals surface area (Å²) in [6.07, 6.45) is 0. The Balaban J connectivity index is 1.95. The molecule has 0 aliphatic heterocycles. The van der Waals surface area contributed by atoms with Crippen LogP contribution in [-0.2, 0) is 13.1 Å². The minimum absolute atomic E-state index is 0.185. The molecule has 0 amide bonds. The Hall–Kier alpha value is -1.87. The number of ether oxygens (including phenoxy) is 1. The Morgan fingerprint density at radius 2 is 1.68 bits per heavy atom. The van der Waals surface area contributed by atoms with Gasteiger partial charge in [0.1, 0.15) is 11.6 Å². The number of hydrogen-bond donors (Lipinski definition) is 0. The Morgan fingerprint density at radius 1 is 1.00 bits per heavy atom. The molecule has 0 saturated carbocycles. The first kappa shape index (κ1) is 13.6. The molecule has 0 atom stereocenters. The van der Waals surface area contributed by atoms with Gasteiger partial charge >= 0.3 is 0 Å². The highest BCUT2D eigenvalue weighted by atomic mass is 19.1. The average molecular weight is 259 g/mol. The highest BCUT2D eigenvalue weighted by Crippen LogP contribution is 2.14. The molecule has 0 aromatic heterocycles. The van der Waals surface area contributed by atoms with Gasteiger partial charge in [-0.1, -0.05) is 24.3 Å². The molecular formula is C16H18FNO. The van der Waals surface area contributed by atoms with Crippen LogP contribution in [0.15, 0.2) is 48.5 Å². The zero-order valence-electron chi connectivity index (χ0n) is 11.3. The Labute approximate surface area is 113 Å². The van der Waals surface area contributed by atoms with Gasteiger partial charge in [-0.15, -0.1) is 0 Å². The van der Waals surface area contributed by atoms with Crippen LogP contribution in [0.1, 0.15) is 11.1 Å². The first-order valence-corrected chi connectivity index (χ1v) is 6.23. The lowest BCUT2D eigenvalue weighted by molar-refractivity contribution is 0.318. The summed E-state index contributed by atoms with van der Waals surface area (Å²) in [6.45, 7) is 1.55. The van der Waals surface area contributed by atoms with Gasteiger partial charge < -0.3 is 4.74 Å². The lowest BCUT2D eigenvalue weighted by atomic mass is 10.1. The third-order valence-corrected chi connectivity index (χ3v) is 2.95. The van der Waals surface area contributed by atoms with E-state index in [4.69, 9.17) is 4.74 Å². The van der Waals surface area contributed by atoms with Crippen LogP contribution in [0.3, 0.4) is 0 Å². The van der Waals surface area contributed by atoms with E-state index >= 15 is 0 Å². The van der Waals surface area contributed by atoms with Crippen molar-refractivity contribution in [2.75, 3.05) is 14.2 Å². The number of halogens is 1. The third-order valence-electron chi connectivity index (χ3n) is 2.95. The van der Waals surface area contributed by atoms with Crippen molar-refractivity contribution in [2.24, 2.45) is 0 Å². The van der Waals surface area contributed by atoms with E-state index in [1.807, 2.05) is 37.4 Å². The highest BCUT2D eigenvalue weighted by molar-refractivity contribution is 5.27. The molecule has 2 nitrogen and oxygen atoms in total. The molecule has 19 heavy (non-hydrogen) atoms. The van der Waals surface area contributed by atoms with E-state index in [0.29, 0.717) is 0 Å². The van der Waals surface area contributed by atoms with Crippen molar-refractivity contribution >= 4 is 0 Å². The molecule has 0 radical (unpaired) electrons. The second kappa shape index (κ2) is 6.34. The number of nitrogens with zero attached hydrogens (tertiary/aromatic N) is 1. The minimum Gasteiger partial charge on any atom is -0.497 e. The van der Waals surface area contributed by atoms with Crippen LogP contribution in [0, 0.1) is 5.82 Å². The van der Waals surface area contributed by atoms with Gasteiger partial charge in [0.05, 0.1) is 7.11 Å². The molecule has 0 saturated heterocycles. The fourth-order valence-electron chi connectivity index (χ4n) is 2.05. The van der Waals surface area contributed by atoms with E-state index in [0.717, 1.165) is 24.4 Å². The molecule has 0 bridgehead atoms. The molecular weight excluding hydrogens is 241 g/mol. The molecule has 0 aliphatic rings. The summed E-state index contributed by atoms with van der Waals surface area (Å²) < 4.78 is 18.2. The third kappa shape index (κ3) is 4.07. The van der Waals surface area contributed by atoms with Gasteiger partial charge in [0, 0.05) is 13.1 Å². The van der Waals surface area contributed by atoms with Crippen molar-refractivity contribution in [1.29, 1.82) is 0 Å². The van der Waals surface area contributed by atoms with Crippen LogP contribution in [0.4, 0.5) is 4.39 Å². The molecule has 2 aromatic rings. The maximum absolute atomic E-state index is 13.1. The molecule has 0 unspecified atom stereocenters. The zero-order valence-corrected chi connectivity index (χ0v) is 11.3. The molecule has 0 spiro atoms. The number of benzene rings is 2. The maximum Gasteiger partial charge on any atom is 0.123 e. The summed E-state index contributed by atoms with van der Waals surface area (Å²) in [7, 11) is 3.68. The van der Waals surface area contributed by atoms with Gasteiger partial charge in [-0.2, -0.15) is 0 Å². The summed E-state index contributed by atoms with van der Waals surface area (Å²) in [4.78, 5) is 2.15. The molecule has 0 heterocycles. The van der Waals surface area contributed by atoms with Crippen molar-refractivity contribution in [1.82, 2.24) is 4.90 Å². The topological polar surface area (TPSA) is 12.5 Å². The number of rotatable bonds is 5. The molecule has 0 fully saturated rings. The van der Waals surface area contributed by atoms with Crippen LogP contribution in [0.5, 0.6) is 5.75 Å². The van der Waals surface area contributed by atoms with E-state index in [2.05, 4.69) is 4.90 Å². The van der Waals surface area contributed by atoms with E-state index in [1.165, 1.54) is 11.6 Å². The van der Waals surface area contributed by atoms with E-state index in [-0.39, 0.29) is 5.82 Å². The molecule has 0 N–H and O–H groups in total. The molecule has 0 aliphatic carbocycles. The summed E-state index contributed by atoms with van der Waals surface area (Å²) in [5.74, 6) is 0.673. The van der Waals surface area contributed by atoms with Gasteiger partial charge in [0.25, 0.3) is 0 Å². The van der Waals surface area contributed by atoms with E-state index in [1.54, 1.807) is 19.2 Å². The smallest absolute Gasteiger partial charge is 0.123 e. The SMILES string of the molecule is COc1ccc(CN(C)Cc2cccc(F)c2)cc1. The van der Waals surface area contributed by atoms with Gasteiger partial charge in [0.2, 0.25) is 0 Å². The molecule has 100 valence electrons. The number of hydrogen-bond acceptors (Lipinski definition) is 2. The summed E-state index contributed by atoms with van der Waals surface area (Å²) in [5.41, 5.74) is 2.19. The largest absolute Gasteiger partial charge is 0.497 e. The Bertz CT molecular complexity index is 525. The minimum atomic E-state index is -0.185. The van der Waals surface area contributed by atoms with Gasteiger partial charge in [-0.3, -0.25) is 4.90 Å². The van der Waals surface area contributed by atoms with Gasteiger partial charge in [-0.05, 0) is 42.4 Å². The van der Waals surface area contributed by atoms with Crippen molar-refractivity contribution < 1.29 is 9.13 Å². The van der Waals surface area contributed by atoms with Crippen molar-refractivity contribution in [2.45, 2.75) is 13.1 Å². The van der Waals surface area contributed by atoms with Crippen LogP contribution in [-0.4, -0.2) is 19.1 Å². The average Bonchev–Trinajstić information content (AvgIpc) is 2.39. The van der Waals surface area contributed by atoms with Crippen LogP contribution in [0.2, 0.25) is 0 Å². The lowest BCUT2D eigenvalue weighted by Crippen LogP contribution is -2.17. The van der Waals surface area contributed by atoms with E-state index < -0.39 is 0 Å². The lowest BCUT2D eigenvalue weighted by Gasteiger charge is -2.17. The molecule has 2 rings (SSSR count). The second-order valence-electron chi connectivity index (χ2n) is 4.65. The standard InChI is InChI=1S/C16H18FNO/c1-18(12-14-4-3-5-15(17)10-14)11-13-6-8-16(19-2)9-7-13/h3-10H,11-12H2,1-2H3. The van der Waals surface area contributed by atoms with Crippen molar-refractivity contribution in [3.63, 3.8) is 0 Å². The van der Waals surface area contributed by atoms with Gasteiger partial charge in [0.15, 0.2) is 0 Å². The summed E-state index contributed by atoms with van der Waals surface area (Å²) >= 11 is 0. The van der Waals surface area contributed by atoms with Crippen LogP contribution < -0.4 is 4.74 Å². The summed E-state index contributed by atoms with van der Waals surface area (Å²) in [5, 5.41) is 0. The van der Waals surface area contributed by atoms with Gasteiger partial charge in [-0.25, -0.2) is 4.39 Å². The Kier molecular flexibility index (Phi) is 4.53. The second-order valence-corrected chi connectivity index (χ2v) is 4.65. The predicted molar refractivity (Wildman–Crippen MR) is 74.6 cm³/mol. The molecule has 2 aromatic carbocycles. The highest BCUT2D eigenvalue weighted by Gasteiger charge is 2.03. The zero-order chi connectivity index (χ0) is 13.7. The predicted octanol–water partition coefficient (Wildman–Crippen LogP) is 3.47. The molecule has 3 heteroatoms. The number of methoxy groups -OCH3 is 1. The van der Waals surface area contributed by atoms with Crippen LogP contribution in [0.25, 0.3) is 0 Å². The van der Waals surface area contributed by atoms with Crippen molar-refractivity contribution in [3.05, 3.63) is 65.5 Å². The Morgan fingerprint density at radius 3 is 2.32 bits per heavy atom. The fourth-order valence-corrected chi connectivity index (χ4v) is 2.05. The normalized spacial score (nSPS) is 10.7. The van der Waals surface area contributed by atoms with Crippen LogP contribution >= 0.6 is 0 Å². The summed E-state index contributed by atoms with van der Waals surface area (Å²) in [6, 6.07) is 14.7. The monoisotopic (exact) mass is 259 g/mol. The van der Waals surface area contributed by atoms with E-state index in [9.17, 15) is 4.39 Å². The fraction of sp³-hybridized carbons (Fsp3) is 0.250. The quantitative estimate of drug-likeness (QED) is 0.815. The first-order chi connectivity index (χ1) is 9.17. The van der Waals surface area contributed by atoms with Crippen molar-refractivity contribution in [3.8, 4) is 5.75 Å².